The van der Waals surface area contributed by atoms with E-state index in [4.69, 9.17) is 5.73 Å². The fraction of sp³-hybridized carbons (Fsp3) is 0.467. The minimum atomic E-state index is -0.115. The average Bonchev–Trinajstić information content (AvgIpc) is 2.48. The maximum Gasteiger partial charge on any atom is 0.260 e. The molecule has 2 heterocycles. The van der Waals surface area contributed by atoms with Gasteiger partial charge < -0.3 is 10.6 Å². The zero-order valence-corrected chi connectivity index (χ0v) is 11.7. The Labute approximate surface area is 117 Å². The molecule has 2 aromatic rings. The van der Waals surface area contributed by atoms with Crippen LogP contribution in [0.5, 0.6) is 0 Å². The van der Waals surface area contributed by atoms with Crippen LogP contribution in [0.2, 0.25) is 0 Å². The predicted molar refractivity (Wildman–Crippen MR) is 82.0 cm³/mol. The van der Waals surface area contributed by atoms with Gasteiger partial charge in [0.05, 0.1) is 10.9 Å². The summed E-state index contributed by atoms with van der Waals surface area (Å²) < 4.78 is 0. The molecule has 1 aliphatic rings. The number of H-pyrrole nitrogens is 1. The molecular weight excluding hydrogens is 252 g/mol. The Kier molecular flexibility index (Phi) is 3.34. The number of anilines is 2. The van der Waals surface area contributed by atoms with Crippen molar-refractivity contribution in [2.75, 3.05) is 23.7 Å². The lowest BCUT2D eigenvalue weighted by Crippen LogP contribution is -2.37. The number of hydrogen-bond acceptors (Lipinski definition) is 4. The zero-order chi connectivity index (χ0) is 14.1. The van der Waals surface area contributed by atoms with Gasteiger partial charge in [-0.3, -0.25) is 9.78 Å². The van der Waals surface area contributed by atoms with Crippen molar-refractivity contribution in [3.63, 3.8) is 0 Å². The van der Waals surface area contributed by atoms with Crippen molar-refractivity contribution in [3.05, 3.63) is 28.6 Å². The van der Waals surface area contributed by atoms with Crippen LogP contribution < -0.4 is 16.2 Å². The maximum absolute atomic E-state index is 12.2. The molecule has 20 heavy (non-hydrogen) atoms. The maximum atomic E-state index is 12.2. The van der Waals surface area contributed by atoms with Crippen molar-refractivity contribution in [2.24, 2.45) is 5.92 Å². The Bertz CT molecular complexity index is 679. The number of aromatic nitrogens is 2. The topological polar surface area (TPSA) is 75.0 Å². The second kappa shape index (κ2) is 5.15. The number of piperidine rings is 1. The molecule has 3 rings (SSSR count). The third kappa shape index (κ3) is 2.35. The molecule has 1 atom stereocenters. The van der Waals surface area contributed by atoms with E-state index < -0.39 is 0 Å². The molecule has 0 aliphatic carbocycles. The first-order valence-corrected chi connectivity index (χ1v) is 7.22. The van der Waals surface area contributed by atoms with Gasteiger partial charge in [-0.15, -0.1) is 0 Å². The second-order valence-corrected chi connectivity index (χ2v) is 5.53. The third-order valence-corrected chi connectivity index (χ3v) is 4.11. The lowest BCUT2D eigenvalue weighted by Gasteiger charge is -2.32. The predicted octanol–water partition coefficient (Wildman–Crippen LogP) is 2.13. The van der Waals surface area contributed by atoms with Gasteiger partial charge >= 0.3 is 0 Å². The largest absolute Gasteiger partial charge is 0.399 e. The molecule has 0 saturated carbocycles. The van der Waals surface area contributed by atoms with Crippen molar-refractivity contribution < 1.29 is 0 Å². The summed E-state index contributed by atoms with van der Waals surface area (Å²) >= 11 is 0. The van der Waals surface area contributed by atoms with E-state index >= 15 is 0 Å². The van der Waals surface area contributed by atoms with Crippen LogP contribution in [0, 0.1) is 5.92 Å². The van der Waals surface area contributed by atoms with Gasteiger partial charge in [0, 0.05) is 18.8 Å². The summed E-state index contributed by atoms with van der Waals surface area (Å²) in [6.07, 6.45) is 3.59. The highest BCUT2D eigenvalue weighted by Gasteiger charge is 2.20. The van der Waals surface area contributed by atoms with Gasteiger partial charge in [-0.2, -0.15) is 0 Å². The standard InChI is InChI=1S/C15H20N4O/c1-2-10-4-3-7-19(9-10)15-17-13-6-5-11(16)8-12(13)14(20)18-15/h5-6,8,10H,2-4,7,9,16H2,1H3,(H,17,18,20). The van der Waals surface area contributed by atoms with E-state index in [-0.39, 0.29) is 5.56 Å². The molecule has 3 N–H and O–H groups in total. The Morgan fingerprint density at radius 3 is 3.15 bits per heavy atom. The van der Waals surface area contributed by atoms with Gasteiger partial charge in [0.15, 0.2) is 0 Å². The van der Waals surface area contributed by atoms with E-state index in [1.807, 2.05) is 6.07 Å². The van der Waals surface area contributed by atoms with E-state index in [0.717, 1.165) is 19.5 Å². The lowest BCUT2D eigenvalue weighted by atomic mass is 9.96. The minimum absolute atomic E-state index is 0.115. The fourth-order valence-corrected chi connectivity index (χ4v) is 2.88. The molecule has 0 amide bonds. The van der Waals surface area contributed by atoms with Crippen LogP contribution in [0.3, 0.4) is 0 Å². The number of nitrogens with two attached hydrogens (primary N) is 1. The third-order valence-electron chi connectivity index (χ3n) is 4.11. The normalized spacial score (nSPS) is 19.4. The van der Waals surface area contributed by atoms with Gasteiger partial charge in [0.25, 0.3) is 5.56 Å². The zero-order valence-electron chi connectivity index (χ0n) is 11.7. The summed E-state index contributed by atoms with van der Waals surface area (Å²) in [6, 6.07) is 5.27. The van der Waals surface area contributed by atoms with Crippen molar-refractivity contribution in [3.8, 4) is 0 Å². The summed E-state index contributed by atoms with van der Waals surface area (Å²) in [7, 11) is 0. The van der Waals surface area contributed by atoms with Crippen LogP contribution in [0.1, 0.15) is 26.2 Å². The summed E-state index contributed by atoms with van der Waals surface area (Å²) in [5.74, 6) is 1.38. The van der Waals surface area contributed by atoms with Crippen LogP contribution >= 0.6 is 0 Å². The van der Waals surface area contributed by atoms with Crippen molar-refractivity contribution >= 4 is 22.5 Å². The molecule has 1 unspecified atom stereocenters. The molecule has 1 aliphatic heterocycles. The Balaban J connectivity index is 2.00. The van der Waals surface area contributed by atoms with Gasteiger partial charge in [0.1, 0.15) is 0 Å². The summed E-state index contributed by atoms with van der Waals surface area (Å²) in [5, 5.41) is 0.554. The van der Waals surface area contributed by atoms with E-state index in [0.29, 0.717) is 28.5 Å². The van der Waals surface area contributed by atoms with Crippen LogP contribution in [0.4, 0.5) is 11.6 Å². The number of aromatic amines is 1. The molecule has 1 aromatic heterocycles. The van der Waals surface area contributed by atoms with Crippen molar-refractivity contribution in [1.82, 2.24) is 9.97 Å². The highest BCUT2D eigenvalue weighted by Crippen LogP contribution is 2.23. The van der Waals surface area contributed by atoms with Crippen LogP contribution in [-0.4, -0.2) is 23.1 Å². The SMILES string of the molecule is CCC1CCCN(c2nc3ccc(N)cc3c(=O)[nH]2)C1. The molecular formula is C15H20N4O. The van der Waals surface area contributed by atoms with Gasteiger partial charge in [0.2, 0.25) is 5.95 Å². The molecule has 5 nitrogen and oxygen atoms in total. The first-order chi connectivity index (χ1) is 9.67. The average molecular weight is 272 g/mol. The second-order valence-electron chi connectivity index (χ2n) is 5.53. The van der Waals surface area contributed by atoms with Crippen LogP contribution in [0.15, 0.2) is 23.0 Å². The first kappa shape index (κ1) is 13.0. The van der Waals surface area contributed by atoms with E-state index in [1.165, 1.54) is 12.8 Å². The number of nitrogens with zero attached hydrogens (tertiary/aromatic N) is 2. The first-order valence-electron chi connectivity index (χ1n) is 7.22. The molecule has 106 valence electrons. The van der Waals surface area contributed by atoms with Gasteiger partial charge in [-0.25, -0.2) is 4.98 Å². The number of nitrogens with one attached hydrogen (secondary N) is 1. The highest BCUT2D eigenvalue weighted by atomic mass is 16.1. The molecule has 1 aromatic carbocycles. The molecule has 0 bridgehead atoms. The summed E-state index contributed by atoms with van der Waals surface area (Å²) in [4.78, 5) is 21.8. The van der Waals surface area contributed by atoms with Gasteiger partial charge in [-0.05, 0) is 37.0 Å². The summed E-state index contributed by atoms with van der Waals surface area (Å²) in [6.45, 7) is 4.15. The number of hydrogen-bond donors (Lipinski definition) is 2. The lowest BCUT2D eigenvalue weighted by molar-refractivity contribution is 0.401. The van der Waals surface area contributed by atoms with Crippen molar-refractivity contribution in [2.45, 2.75) is 26.2 Å². The monoisotopic (exact) mass is 272 g/mol. The number of nitrogen functional groups attached to an aromatic ring is 1. The molecule has 5 heteroatoms. The Hall–Kier alpha value is -2.04. The van der Waals surface area contributed by atoms with Crippen LogP contribution in [0.25, 0.3) is 10.9 Å². The van der Waals surface area contributed by atoms with Crippen LogP contribution in [-0.2, 0) is 0 Å². The smallest absolute Gasteiger partial charge is 0.260 e. The molecule has 1 fully saturated rings. The van der Waals surface area contributed by atoms with E-state index in [9.17, 15) is 4.79 Å². The van der Waals surface area contributed by atoms with Gasteiger partial charge in [-0.1, -0.05) is 13.3 Å². The quantitative estimate of drug-likeness (QED) is 0.821. The Morgan fingerprint density at radius 1 is 1.50 bits per heavy atom. The highest BCUT2D eigenvalue weighted by molar-refractivity contribution is 5.81. The fourth-order valence-electron chi connectivity index (χ4n) is 2.88. The van der Waals surface area contributed by atoms with E-state index in [1.54, 1.807) is 12.1 Å². The minimum Gasteiger partial charge on any atom is -0.399 e. The molecule has 0 radical (unpaired) electrons. The number of benzene rings is 1. The van der Waals surface area contributed by atoms with Crippen molar-refractivity contribution in [1.29, 1.82) is 0 Å². The molecule has 1 saturated heterocycles. The Morgan fingerprint density at radius 2 is 2.35 bits per heavy atom. The van der Waals surface area contributed by atoms with E-state index in [2.05, 4.69) is 21.8 Å². The number of rotatable bonds is 2. The molecule has 0 spiro atoms. The number of fused-ring (bicyclic) bond motifs is 1. The summed E-state index contributed by atoms with van der Waals surface area (Å²) in [5.41, 5.74) is 6.89.